The zero-order valence-corrected chi connectivity index (χ0v) is 19.2. The fourth-order valence-corrected chi connectivity index (χ4v) is 3.53. The molecule has 2 heterocycles. The lowest BCUT2D eigenvalue weighted by molar-refractivity contribution is -0.117. The molecular weight excluding hydrogens is 453 g/mol. The van der Waals surface area contributed by atoms with Gasteiger partial charge < -0.3 is 20.7 Å². The number of hydrogen-bond donors (Lipinski definition) is 3. The fraction of sp³-hybridized carbons (Fsp3) is 0.208. The average molecular weight is 478 g/mol. The van der Waals surface area contributed by atoms with E-state index in [4.69, 9.17) is 4.74 Å². The number of anilines is 3. The minimum absolute atomic E-state index is 0.0564. The number of ether oxygens (including phenoxy) is 1. The average Bonchev–Trinajstić information content (AvgIpc) is 3.27. The van der Waals surface area contributed by atoms with Crippen molar-refractivity contribution < 1.29 is 18.7 Å². The Morgan fingerprint density at radius 2 is 1.86 bits per heavy atom. The summed E-state index contributed by atoms with van der Waals surface area (Å²) in [6.07, 6.45) is 3.32. The quantitative estimate of drug-likeness (QED) is 0.336. The molecular formula is C24H24FN7O3. The van der Waals surface area contributed by atoms with Gasteiger partial charge in [0.2, 0.25) is 5.91 Å². The minimum Gasteiger partial charge on any atom is -0.364 e. The predicted molar refractivity (Wildman–Crippen MR) is 129 cm³/mol. The standard InChI is InChI=1S/C24H24FN7O3/c1-3-17(30-21-20-22(27-12-26-21)32(13-28-20)14-35-2)23(33)31-18-11-7-10-16(25)19(18)24(34)29-15-8-5-4-6-9-15/h4-13,17H,3,14H2,1-2H3,(H,29,34)(H,31,33)(H,26,27,30)/t17-/m0/s1. The molecule has 4 rings (SSSR count). The van der Waals surface area contributed by atoms with Crippen molar-refractivity contribution in [3.8, 4) is 0 Å². The third kappa shape index (κ3) is 5.25. The van der Waals surface area contributed by atoms with E-state index < -0.39 is 23.7 Å². The van der Waals surface area contributed by atoms with E-state index in [-0.39, 0.29) is 18.0 Å². The van der Waals surface area contributed by atoms with Crippen molar-refractivity contribution >= 4 is 40.2 Å². The monoisotopic (exact) mass is 477 g/mol. The molecule has 11 heteroatoms. The van der Waals surface area contributed by atoms with Gasteiger partial charge in [0.1, 0.15) is 24.9 Å². The van der Waals surface area contributed by atoms with Gasteiger partial charge in [0.05, 0.1) is 17.6 Å². The van der Waals surface area contributed by atoms with Crippen LogP contribution < -0.4 is 16.0 Å². The van der Waals surface area contributed by atoms with E-state index in [1.54, 1.807) is 48.3 Å². The Kier molecular flexibility index (Phi) is 7.27. The zero-order valence-electron chi connectivity index (χ0n) is 19.2. The van der Waals surface area contributed by atoms with Crippen LogP contribution >= 0.6 is 0 Å². The van der Waals surface area contributed by atoms with Gasteiger partial charge >= 0.3 is 0 Å². The third-order valence-electron chi connectivity index (χ3n) is 5.24. The molecule has 0 radical (unpaired) electrons. The highest BCUT2D eigenvalue weighted by Crippen LogP contribution is 2.23. The van der Waals surface area contributed by atoms with E-state index in [0.29, 0.717) is 29.1 Å². The molecule has 0 unspecified atom stereocenters. The van der Waals surface area contributed by atoms with Crippen molar-refractivity contribution in [2.45, 2.75) is 26.1 Å². The van der Waals surface area contributed by atoms with Gasteiger partial charge in [-0.1, -0.05) is 31.2 Å². The molecule has 0 spiro atoms. The van der Waals surface area contributed by atoms with Crippen molar-refractivity contribution in [3.63, 3.8) is 0 Å². The molecule has 0 fully saturated rings. The molecule has 180 valence electrons. The molecule has 2 amide bonds. The SMILES string of the molecule is CC[C@H](Nc1ncnc2c1ncn2COC)C(=O)Nc1cccc(F)c1C(=O)Nc1ccccc1. The summed E-state index contributed by atoms with van der Waals surface area (Å²) in [4.78, 5) is 38.7. The van der Waals surface area contributed by atoms with Gasteiger partial charge in [0.25, 0.3) is 5.91 Å². The van der Waals surface area contributed by atoms with Gasteiger partial charge in [-0.05, 0) is 30.7 Å². The number of imidazole rings is 1. The molecule has 10 nitrogen and oxygen atoms in total. The number of halogens is 1. The van der Waals surface area contributed by atoms with Gasteiger partial charge in [-0.25, -0.2) is 19.3 Å². The molecule has 4 aromatic rings. The number of carbonyl (C=O) groups is 2. The molecule has 2 aromatic heterocycles. The maximum atomic E-state index is 14.7. The number of rotatable bonds is 9. The number of fused-ring (bicyclic) bond motifs is 1. The molecule has 0 aliphatic rings. The number of aromatic nitrogens is 4. The smallest absolute Gasteiger partial charge is 0.260 e. The summed E-state index contributed by atoms with van der Waals surface area (Å²) in [5.41, 5.74) is 1.32. The number of hydrogen-bond acceptors (Lipinski definition) is 7. The lowest BCUT2D eigenvalue weighted by Gasteiger charge is -2.19. The van der Waals surface area contributed by atoms with E-state index in [0.717, 1.165) is 0 Å². The van der Waals surface area contributed by atoms with Crippen molar-refractivity contribution in [2.75, 3.05) is 23.1 Å². The molecule has 0 aliphatic heterocycles. The van der Waals surface area contributed by atoms with E-state index in [2.05, 4.69) is 30.9 Å². The first kappa shape index (κ1) is 23.8. The Morgan fingerprint density at radius 3 is 2.60 bits per heavy atom. The second-order valence-electron chi connectivity index (χ2n) is 7.60. The van der Waals surface area contributed by atoms with Crippen LogP contribution in [0.15, 0.2) is 61.2 Å². The number of nitrogens with one attached hydrogen (secondary N) is 3. The number of nitrogens with zero attached hydrogens (tertiary/aromatic N) is 4. The van der Waals surface area contributed by atoms with Gasteiger partial charge in [0, 0.05) is 12.8 Å². The maximum Gasteiger partial charge on any atom is 0.260 e. The Balaban J connectivity index is 1.55. The number of carbonyl (C=O) groups excluding carboxylic acids is 2. The lowest BCUT2D eigenvalue weighted by atomic mass is 10.1. The van der Waals surface area contributed by atoms with Gasteiger partial charge in [0.15, 0.2) is 17.0 Å². The van der Waals surface area contributed by atoms with Gasteiger partial charge in [-0.15, -0.1) is 0 Å². The minimum atomic E-state index is -0.751. The summed E-state index contributed by atoms with van der Waals surface area (Å²) in [7, 11) is 1.56. The van der Waals surface area contributed by atoms with Crippen LogP contribution in [0.25, 0.3) is 11.2 Å². The number of amides is 2. The van der Waals surface area contributed by atoms with Crippen LogP contribution in [0, 0.1) is 5.82 Å². The largest absolute Gasteiger partial charge is 0.364 e. The Morgan fingerprint density at radius 1 is 1.06 bits per heavy atom. The van der Waals surface area contributed by atoms with Crippen LogP contribution in [0.4, 0.5) is 21.6 Å². The van der Waals surface area contributed by atoms with Crippen molar-refractivity contribution in [2.24, 2.45) is 0 Å². The molecule has 0 bridgehead atoms. The van der Waals surface area contributed by atoms with Crippen molar-refractivity contribution in [3.05, 3.63) is 72.6 Å². The number of para-hydroxylation sites is 1. The first-order valence-electron chi connectivity index (χ1n) is 10.9. The maximum absolute atomic E-state index is 14.7. The molecule has 0 aliphatic carbocycles. The molecule has 3 N–H and O–H groups in total. The number of benzene rings is 2. The van der Waals surface area contributed by atoms with E-state index >= 15 is 0 Å². The van der Waals surface area contributed by atoms with Crippen molar-refractivity contribution in [1.29, 1.82) is 0 Å². The van der Waals surface area contributed by atoms with Crippen LogP contribution in [0.5, 0.6) is 0 Å². The van der Waals surface area contributed by atoms with Crippen LogP contribution in [0.1, 0.15) is 23.7 Å². The third-order valence-corrected chi connectivity index (χ3v) is 5.24. The van der Waals surface area contributed by atoms with E-state index in [9.17, 15) is 14.0 Å². The van der Waals surface area contributed by atoms with E-state index in [1.807, 2.05) is 6.92 Å². The van der Waals surface area contributed by atoms with Crippen LogP contribution in [-0.2, 0) is 16.3 Å². The molecule has 0 saturated carbocycles. The normalized spacial score (nSPS) is 11.7. The first-order valence-corrected chi connectivity index (χ1v) is 10.9. The summed E-state index contributed by atoms with van der Waals surface area (Å²) in [6.45, 7) is 2.08. The Hall–Kier alpha value is -4.38. The van der Waals surface area contributed by atoms with Crippen LogP contribution in [-0.4, -0.2) is 44.5 Å². The summed E-state index contributed by atoms with van der Waals surface area (Å²) < 4.78 is 21.5. The highest BCUT2D eigenvalue weighted by molar-refractivity contribution is 6.11. The summed E-state index contributed by atoms with van der Waals surface area (Å²) in [5, 5.41) is 8.39. The Labute approximate surface area is 200 Å². The highest BCUT2D eigenvalue weighted by Gasteiger charge is 2.23. The van der Waals surface area contributed by atoms with Crippen molar-refractivity contribution in [1.82, 2.24) is 19.5 Å². The zero-order chi connectivity index (χ0) is 24.8. The number of methoxy groups -OCH3 is 1. The predicted octanol–water partition coefficient (Wildman–Crippen LogP) is 3.65. The van der Waals surface area contributed by atoms with Crippen LogP contribution in [0.3, 0.4) is 0 Å². The lowest BCUT2D eigenvalue weighted by Crippen LogP contribution is -2.35. The Bertz CT molecular complexity index is 1340. The molecule has 0 saturated heterocycles. The summed E-state index contributed by atoms with van der Waals surface area (Å²) in [6, 6.07) is 12.0. The second-order valence-corrected chi connectivity index (χ2v) is 7.60. The van der Waals surface area contributed by atoms with Crippen LogP contribution in [0.2, 0.25) is 0 Å². The van der Waals surface area contributed by atoms with Gasteiger partial charge in [-0.2, -0.15) is 0 Å². The fourth-order valence-electron chi connectivity index (χ4n) is 3.53. The first-order chi connectivity index (χ1) is 17.0. The summed E-state index contributed by atoms with van der Waals surface area (Å²) >= 11 is 0. The second kappa shape index (κ2) is 10.7. The molecule has 2 aromatic carbocycles. The van der Waals surface area contributed by atoms with Gasteiger partial charge in [-0.3, -0.25) is 14.2 Å². The topological polar surface area (TPSA) is 123 Å². The summed E-state index contributed by atoms with van der Waals surface area (Å²) in [5.74, 6) is -1.52. The highest BCUT2D eigenvalue weighted by atomic mass is 19.1. The molecule has 35 heavy (non-hydrogen) atoms. The molecule has 1 atom stereocenters. The van der Waals surface area contributed by atoms with E-state index in [1.165, 1.54) is 24.5 Å².